The number of hydrogen-bond donors (Lipinski definition) is 2. The quantitative estimate of drug-likeness (QED) is 0.653. The van der Waals surface area contributed by atoms with Crippen molar-refractivity contribution in [3.8, 4) is 0 Å². The first kappa shape index (κ1) is 17.8. The fourth-order valence-electron chi connectivity index (χ4n) is 1.52. The average Bonchev–Trinajstić information content (AvgIpc) is 2.61. The number of fused-ring (bicyclic) bond motifs is 1. The zero-order valence-electron chi connectivity index (χ0n) is 12.0. The van der Waals surface area contributed by atoms with Gasteiger partial charge in [0.15, 0.2) is 0 Å². The molecule has 3 aromatic rings. The lowest BCUT2D eigenvalue weighted by Crippen LogP contribution is -1.67. The molecule has 3 rings (SSSR count). The lowest BCUT2D eigenvalue weighted by molar-refractivity contribution is 0.399. The van der Waals surface area contributed by atoms with Gasteiger partial charge >= 0.3 is 0 Å². The monoisotopic (exact) mass is 270 g/mol. The summed E-state index contributed by atoms with van der Waals surface area (Å²) in [6.45, 7) is 0. The molecule has 0 fully saturated rings. The SMILES string of the molecule is CO.CO.c1ccc2ccccc2c1.c1ccccc1. The van der Waals surface area contributed by atoms with Gasteiger partial charge in [-0.1, -0.05) is 84.9 Å². The second-order valence-corrected chi connectivity index (χ2v) is 3.50. The maximum absolute atomic E-state index is 7.00. The molecule has 0 aliphatic heterocycles. The van der Waals surface area contributed by atoms with Crippen molar-refractivity contribution in [3.63, 3.8) is 0 Å². The van der Waals surface area contributed by atoms with Gasteiger partial charge in [-0.05, 0) is 10.8 Å². The van der Waals surface area contributed by atoms with Crippen LogP contribution in [-0.2, 0) is 0 Å². The molecular weight excluding hydrogens is 248 g/mol. The maximum Gasteiger partial charge on any atom is 0.0319 e. The van der Waals surface area contributed by atoms with Gasteiger partial charge in [-0.15, -0.1) is 0 Å². The van der Waals surface area contributed by atoms with Gasteiger partial charge in [-0.25, -0.2) is 0 Å². The molecule has 2 N–H and O–H groups in total. The molecule has 0 spiro atoms. The second-order valence-electron chi connectivity index (χ2n) is 3.50. The van der Waals surface area contributed by atoms with Crippen LogP contribution in [0, 0.1) is 0 Å². The third kappa shape index (κ3) is 7.31. The van der Waals surface area contributed by atoms with Crippen molar-refractivity contribution < 1.29 is 10.2 Å². The molecule has 0 radical (unpaired) electrons. The van der Waals surface area contributed by atoms with Crippen molar-refractivity contribution in [1.29, 1.82) is 0 Å². The van der Waals surface area contributed by atoms with Crippen LogP contribution < -0.4 is 0 Å². The minimum atomic E-state index is 1.00. The fourth-order valence-corrected chi connectivity index (χ4v) is 1.52. The number of rotatable bonds is 0. The van der Waals surface area contributed by atoms with Crippen LogP contribution in [0.25, 0.3) is 10.8 Å². The van der Waals surface area contributed by atoms with E-state index in [2.05, 4.69) is 48.5 Å². The van der Waals surface area contributed by atoms with Crippen LogP contribution in [0.1, 0.15) is 0 Å². The molecule has 0 unspecified atom stereocenters. The van der Waals surface area contributed by atoms with Gasteiger partial charge in [0.25, 0.3) is 0 Å². The Kier molecular flexibility index (Phi) is 11.8. The predicted molar refractivity (Wildman–Crippen MR) is 86.7 cm³/mol. The third-order valence-corrected chi connectivity index (χ3v) is 2.33. The first-order valence-electron chi connectivity index (χ1n) is 6.30. The summed E-state index contributed by atoms with van der Waals surface area (Å²) in [4.78, 5) is 0. The molecule has 0 heterocycles. The van der Waals surface area contributed by atoms with Crippen molar-refractivity contribution in [3.05, 3.63) is 84.9 Å². The topological polar surface area (TPSA) is 40.5 Å². The highest BCUT2D eigenvalue weighted by atomic mass is 16.2. The highest BCUT2D eigenvalue weighted by molar-refractivity contribution is 5.81. The van der Waals surface area contributed by atoms with E-state index in [0.717, 1.165) is 14.2 Å². The Balaban J connectivity index is 0.000000312. The first-order valence-corrected chi connectivity index (χ1v) is 6.30. The van der Waals surface area contributed by atoms with Gasteiger partial charge in [0, 0.05) is 14.2 Å². The van der Waals surface area contributed by atoms with Gasteiger partial charge in [-0.2, -0.15) is 0 Å². The van der Waals surface area contributed by atoms with Crippen LogP contribution in [0.3, 0.4) is 0 Å². The molecular formula is C18H22O2. The Labute approximate surface area is 121 Å². The Morgan fingerprint density at radius 2 is 0.600 bits per heavy atom. The van der Waals surface area contributed by atoms with Crippen molar-refractivity contribution in [1.82, 2.24) is 0 Å². The minimum Gasteiger partial charge on any atom is -0.400 e. The maximum atomic E-state index is 7.00. The van der Waals surface area contributed by atoms with E-state index in [1.807, 2.05) is 36.4 Å². The molecule has 0 bridgehead atoms. The molecule has 0 amide bonds. The summed E-state index contributed by atoms with van der Waals surface area (Å²) < 4.78 is 0. The van der Waals surface area contributed by atoms with Crippen molar-refractivity contribution in [2.45, 2.75) is 0 Å². The standard InChI is InChI=1S/C10H8.C6H6.2CH4O/c1-2-6-10-8-4-3-7-9(10)5-1;1-2-4-6-5-3-1;2*1-2/h1-8H;1-6H;2*2H,1H3. The summed E-state index contributed by atoms with van der Waals surface area (Å²) in [6.07, 6.45) is 0. The molecule has 3 aromatic carbocycles. The summed E-state index contributed by atoms with van der Waals surface area (Å²) in [6, 6.07) is 28.7. The van der Waals surface area contributed by atoms with Crippen molar-refractivity contribution in [2.24, 2.45) is 0 Å². The van der Waals surface area contributed by atoms with Crippen LogP contribution in [0.2, 0.25) is 0 Å². The van der Waals surface area contributed by atoms with Crippen molar-refractivity contribution in [2.75, 3.05) is 14.2 Å². The van der Waals surface area contributed by atoms with E-state index in [1.54, 1.807) is 0 Å². The molecule has 0 aliphatic rings. The Morgan fingerprint density at radius 3 is 0.800 bits per heavy atom. The molecule has 0 saturated heterocycles. The van der Waals surface area contributed by atoms with E-state index in [-0.39, 0.29) is 0 Å². The number of hydrogen-bond acceptors (Lipinski definition) is 2. The zero-order valence-corrected chi connectivity index (χ0v) is 12.0. The fraction of sp³-hybridized carbons (Fsp3) is 0.111. The van der Waals surface area contributed by atoms with E-state index < -0.39 is 0 Å². The number of aliphatic hydroxyl groups is 2. The van der Waals surface area contributed by atoms with Crippen LogP contribution in [0.4, 0.5) is 0 Å². The minimum absolute atomic E-state index is 1.00. The Hall–Kier alpha value is -2.16. The normalized spacial score (nSPS) is 8.00. The lowest BCUT2D eigenvalue weighted by atomic mass is 10.1. The van der Waals surface area contributed by atoms with Crippen LogP contribution in [0.5, 0.6) is 0 Å². The molecule has 106 valence electrons. The van der Waals surface area contributed by atoms with Gasteiger partial charge in [0.2, 0.25) is 0 Å². The smallest absolute Gasteiger partial charge is 0.0319 e. The lowest BCUT2D eigenvalue weighted by Gasteiger charge is -1.92. The van der Waals surface area contributed by atoms with Crippen LogP contribution in [-0.4, -0.2) is 24.4 Å². The molecule has 20 heavy (non-hydrogen) atoms. The van der Waals surface area contributed by atoms with Gasteiger partial charge in [-0.3, -0.25) is 0 Å². The van der Waals surface area contributed by atoms with Crippen LogP contribution >= 0.6 is 0 Å². The summed E-state index contributed by atoms with van der Waals surface area (Å²) in [5.74, 6) is 0. The van der Waals surface area contributed by atoms with E-state index in [9.17, 15) is 0 Å². The van der Waals surface area contributed by atoms with E-state index >= 15 is 0 Å². The summed E-state index contributed by atoms with van der Waals surface area (Å²) >= 11 is 0. The van der Waals surface area contributed by atoms with Gasteiger partial charge in [0.1, 0.15) is 0 Å². The molecule has 2 nitrogen and oxygen atoms in total. The highest BCUT2D eigenvalue weighted by Crippen LogP contribution is 2.11. The first-order chi connectivity index (χ1) is 9.97. The summed E-state index contributed by atoms with van der Waals surface area (Å²) in [7, 11) is 2.00. The Bertz CT molecular complexity index is 444. The largest absolute Gasteiger partial charge is 0.400 e. The molecule has 0 saturated carbocycles. The second kappa shape index (κ2) is 13.3. The van der Waals surface area contributed by atoms with E-state index in [4.69, 9.17) is 10.2 Å². The van der Waals surface area contributed by atoms with E-state index in [0.29, 0.717) is 0 Å². The van der Waals surface area contributed by atoms with E-state index in [1.165, 1.54) is 10.8 Å². The van der Waals surface area contributed by atoms with Gasteiger partial charge in [0.05, 0.1) is 0 Å². The summed E-state index contributed by atoms with van der Waals surface area (Å²) in [5.41, 5.74) is 0. The Morgan fingerprint density at radius 1 is 0.400 bits per heavy atom. The average molecular weight is 270 g/mol. The van der Waals surface area contributed by atoms with Crippen LogP contribution in [0.15, 0.2) is 84.9 Å². The van der Waals surface area contributed by atoms with Crippen molar-refractivity contribution >= 4 is 10.8 Å². The number of benzene rings is 3. The molecule has 0 aliphatic carbocycles. The zero-order chi connectivity index (χ0) is 15.1. The summed E-state index contributed by atoms with van der Waals surface area (Å²) in [5, 5.41) is 16.6. The van der Waals surface area contributed by atoms with Gasteiger partial charge < -0.3 is 10.2 Å². The predicted octanol–water partition coefficient (Wildman–Crippen LogP) is 3.74. The highest BCUT2D eigenvalue weighted by Gasteiger charge is 1.85. The number of aliphatic hydroxyl groups excluding tert-OH is 2. The molecule has 2 heteroatoms. The third-order valence-electron chi connectivity index (χ3n) is 2.33. The molecule has 0 atom stereocenters. The molecule has 0 aromatic heterocycles.